The molecule has 4 N–H and O–H groups in total. The van der Waals surface area contributed by atoms with Crippen LogP contribution in [0.15, 0.2) is 72.8 Å². The highest BCUT2D eigenvalue weighted by atomic mass is 16.6. The number of hydrogen-bond donors (Lipinski definition) is 4. The Morgan fingerprint density at radius 2 is 1.73 bits per heavy atom. The molecule has 0 spiro atoms. The maximum Gasteiger partial charge on any atom is 0.412 e. The molecule has 0 saturated heterocycles. The Bertz CT molecular complexity index is 1140. The lowest BCUT2D eigenvalue weighted by atomic mass is 9.89. The van der Waals surface area contributed by atoms with Crippen LogP contribution in [0, 0.1) is 12.8 Å². The van der Waals surface area contributed by atoms with Crippen LogP contribution < -0.4 is 10.8 Å². The van der Waals surface area contributed by atoms with E-state index in [4.69, 9.17) is 9.94 Å². The lowest BCUT2D eigenvalue weighted by Gasteiger charge is -2.26. The molecule has 2 atom stereocenters. The first-order valence-electron chi connectivity index (χ1n) is 10.7. The zero-order valence-corrected chi connectivity index (χ0v) is 18.6. The lowest BCUT2D eigenvalue weighted by molar-refractivity contribution is -0.124. The van der Waals surface area contributed by atoms with Crippen LogP contribution in [0.3, 0.4) is 0 Å². The Morgan fingerprint density at radius 3 is 2.42 bits per heavy atom. The molecule has 0 saturated carbocycles. The van der Waals surface area contributed by atoms with E-state index >= 15 is 0 Å². The Labute approximate surface area is 192 Å². The largest absolute Gasteiger partial charge is 0.507 e. The van der Waals surface area contributed by atoms with Crippen molar-refractivity contribution in [2.45, 2.75) is 32.8 Å². The van der Waals surface area contributed by atoms with Gasteiger partial charge in [-0.3, -0.25) is 15.3 Å². The number of allylic oxidation sites excluding steroid dienone is 1. The Kier molecular flexibility index (Phi) is 8.05. The summed E-state index contributed by atoms with van der Waals surface area (Å²) in [5.74, 6) is -0.552. The van der Waals surface area contributed by atoms with E-state index in [1.807, 2.05) is 62.4 Å². The van der Waals surface area contributed by atoms with Crippen LogP contribution in [-0.2, 0) is 9.53 Å². The van der Waals surface area contributed by atoms with Gasteiger partial charge < -0.3 is 9.84 Å². The average molecular weight is 449 g/mol. The smallest absolute Gasteiger partial charge is 0.412 e. The number of nitrogens with one attached hydrogen (secondary N) is 2. The molecule has 7 nitrogen and oxygen atoms in total. The molecule has 0 fully saturated rings. The number of aromatic hydroxyl groups is 1. The summed E-state index contributed by atoms with van der Waals surface area (Å²) in [6.45, 7) is 3.93. The highest BCUT2D eigenvalue weighted by molar-refractivity contribution is 5.91. The third-order valence-electron chi connectivity index (χ3n) is 5.46. The van der Waals surface area contributed by atoms with Crippen molar-refractivity contribution >= 4 is 28.5 Å². The molecule has 0 aliphatic heterocycles. The van der Waals surface area contributed by atoms with Crippen LogP contribution in [-0.4, -0.2) is 22.3 Å². The van der Waals surface area contributed by atoms with Crippen LogP contribution in [0.5, 0.6) is 5.75 Å². The maximum absolute atomic E-state index is 12.8. The monoisotopic (exact) mass is 448 g/mol. The second kappa shape index (κ2) is 11.2. The number of aryl methyl sites for hydroxylation is 1. The first kappa shape index (κ1) is 23.8. The van der Waals surface area contributed by atoms with Crippen LogP contribution >= 0.6 is 0 Å². The van der Waals surface area contributed by atoms with Crippen molar-refractivity contribution in [3.63, 3.8) is 0 Å². The van der Waals surface area contributed by atoms with Gasteiger partial charge in [-0.1, -0.05) is 61.0 Å². The Hall–Kier alpha value is -3.84. The van der Waals surface area contributed by atoms with Gasteiger partial charge in [-0.25, -0.2) is 10.3 Å². The third kappa shape index (κ3) is 6.33. The van der Waals surface area contributed by atoms with Gasteiger partial charge in [0.15, 0.2) is 0 Å². The van der Waals surface area contributed by atoms with Crippen LogP contribution in [0.1, 0.15) is 37.0 Å². The fraction of sp³-hybridized carbons (Fsp3) is 0.231. The molecule has 33 heavy (non-hydrogen) atoms. The van der Waals surface area contributed by atoms with Crippen molar-refractivity contribution in [3.05, 3.63) is 83.9 Å². The van der Waals surface area contributed by atoms with Crippen LogP contribution in [0.2, 0.25) is 0 Å². The van der Waals surface area contributed by atoms with E-state index in [0.717, 1.165) is 16.5 Å². The molecule has 3 aromatic rings. The van der Waals surface area contributed by atoms with Gasteiger partial charge >= 0.3 is 6.09 Å². The molecule has 2 amide bonds. The number of phenolic OH excluding ortho intramolecular Hbond substituents is 1. The molecule has 0 radical (unpaired) electrons. The van der Waals surface area contributed by atoms with Crippen molar-refractivity contribution in [2.75, 3.05) is 5.32 Å². The first-order valence-corrected chi connectivity index (χ1v) is 10.7. The van der Waals surface area contributed by atoms with Crippen molar-refractivity contribution in [3.8, 4) is 5.75 Å². The molecule has 0 heterocycles. The number of hydroxylamine groups is 1. The van der Waals surface area contributed by atoms with Gasteiger partial charge in [-0.2, -0.15) is 0 Å². The first-order chi connectivity index (χ1) is 15.9. The fourth-order valence-corrected chi connectivity index (χ4v) is 3.68. The number of rotatable bonds is 8. The number of anilines is 1. The van der Waals surface area contributed by atoms with Crippen LogP contribution in [0.25, 0.3) is 10.8 Å². The number of amides is 2. The van der Waals surface area contributed by atoms with Gasteiger partial charge in [0.1, 0.15) is 11.9 Å². The van der Waals surface area contributed by atoms with Gasteiger partial charge in [-0.05, 0) is 49.3 Å². The van der Waals surface area contributed by atoms with Crippen molar-refractivity contribution in [2.24, 2.45) is 5.92 Å². The number of benzene rings is 3. The molecule has 172 valence electrons. The standard InChI is InChI=1S/C26H28N2O5/c1-17-11-13-19(14-12-17)27-26(31)33-25(18(2)7-3-6-10-24(30)28-32)22-15-16-23(29)21-9-5-4-8-20(21)22/h4-6,8-16,18,25,29,32H,3,7H2,1-2H3,(H,27,31)(H,28,30)/b10-6+/t18-,25+/m0/s1. The lowest BCUT2D eigenvalue weighted by Crippen LogP contribution is -2.22. The zero-order valence-electron chi connectivity index (χ0n) is 18.6. The fourth-order valence-electron chi connectivity index (χ4n) is 3.68. The average Bonchev–Trinajstić information content (AvgIpc) is 2.82. The van der Waals surface area contributed by atoms with Crippen molar-refractivity contribution in [1.29, 1.82) is 0 Å². The van der Waals surface area contributed by atoms with Gasteiger partial charge in [0.25, 0.3) is 5.91 Å². The van der Waals surface area contributed by atoms with E-state index in [2.05, 4.69) is 5.32 Å². The SMILES string of the molecule is Cc1ccc(NC(=O)O[C@@H](c2ccc(O)c3ccccc23)[C@@H](C)CC/C=C/C(=O)NO)cc1. The quantitative estimate of drug-likeness (QED) is 0.203. The maximum atomic E-state index is 12.8. The molecule has 3 rings (SSSR count). The minimum absolute atomic E-state index is 0.108. The molecule has 0 bridgehead atoms. The summed E-state index contributed by atoms with van der Waals surface area (Å²) in [6, 6.07) is 18.2. The second-order valence-electron chi connectivity index (χ2n) is 7.97. The number of ether oxygens (including phenoxy) is 1. The number of fused-ring (bicyclic) bond motifs is 1. The van der Waals surface area contributed by atoms with Crippen LogP contribution in [0.4, 0.5) is 10.5 Å². The summed E-state index contributed by atoms with van der Waals surface area (Å²) in [4.78, 5) is 24.0. The third-order valence-corrected chi connectivity index (χ3v) is 5.46. The second-order valence-corrected chi connectivity index (χ2v) is 7.97. The van der Waals surface area contributed by atoms with Gasteiger partial charge in [0.05, 0.1) is 0 Å². The van der Waals surface area contributed by atoms with E-state index in [1.54, 1.807) is 23.7 Å². The summed E-state index contributed by atoms with van der Waals surface area (Å²) in [7, 11) is 0. The molecule has 0 unspecified atom stereocenters. The van der Waals surface area contributed by atoms with E-state index in [9.17, 15) is 14.7 Å². The molecular formula is C26H28N2O5. The zero-order chi connectivity index (χ0) is 23.8. The van der Waals surface area contributed by atoms with E-state index in [-0.39, 0.29) is 11.7 Å². The molecule has 0 aliphatic rings. The normalized spacial score (nSPS) is 12.9. The highest BCUT2D eigenvalue weighted by Crippen LogP contribution is 2.37. The summed E-state index contributed by atoms with van der Waals surface area (Å²) in [5.41, 5.74) is 4.05. The molecular weight excluding hydrogens is 420 g/mol. The summed E-state index contributed by atoms with van der Waals surface area (Å²) in [5, 5.41) is 23.1. The van der Waals surface area contributed by atoms with E-state index < -0.39 is 18.1 Å². The van der Waals surface area contributed by atoms with Gasteiger partial charge in [0.2, 0.25) is 0 Å². The number of phenols is 1. The molecule has 7 heteroatoms. The van der Waals surface area contributed by atoms with Crippen molar-refractivity contribution in [1.82, 2.24) is 5.48 Å². The highest BCUT2D eigenvalue weighted by Gasteiger charge is 2.26. The van der Waals surface area contributed by atoms with E-state index in [0.29, 0.717) is 23.9 Å². The number of carbonyl (C=O) groups is 2. The van der Waals surface area contributed by atoms with Crippen molar-refractivity contribution < 1.29 is 24.6 Å². The summed E-state index contributed by atoms with van der Waals surface area (Å²) < 4.78 is 5.90. The predicted octanol–water partition coefficient (Wildman–Crippen LogP) is 5.62. The summed E-state index contributed by atoms with van der Waals surface area (Å²) in [6.07, 6.45) is 2.89. The Morgan fingerprint density at radius 1 is 1.03 bits per heavy atom. The molecule has 3 aromatic carbocycles. The minimum Gasteiger partial charge on any atom is -0.507 e. The number of hydrogen-bond acceptors (Lipinski definition) is 5. The van der Waals surface area contributed by atoms with Gasteiger partial charge in [-0.15, -0.1) is 0 Å². The predicted molar refractivity (Wildman–Crippen MR) is 127 cm³/mol. The molecule has 0 aliphatic carbocycles. The topological polar surface area (TPSA) is 108 Å². The van der Waals surface area contributed by atoms with E-state index in [1.165, 1.54) is 6.08 Å². The summed E-state index contributed by atoms with van der Waals surface area (Å²) >= 11 is 0. The minimum atomic E-state index is -0.600. The number of carbonyl (C=O) groups excluding carboxylic acids is 2. The molecule has 0 aromatic heterocycles. The Balaban J connectivity index is 1.85. The van der Waals surface area contributed by atoms with Gasteiger partial charge in [0, 0.05) is 22.7 Å².